The predicted octanol–water partition coefficient (Wildman–Crippen LogP) is 9.04. The molecule has 12 heteroatoms. The van der Waals surface area contributed by atoms with Crippen molar-refractivity contribution in [3.8, 4) is 22.3 Å². The maximum absolute atomic E-state index is 13.6. The van der Waals surface area contributed by atoms with Gasteiger partial charge in [-0.25, -0.2) is 19.6 Å². The molecule has 1 unspecified atom stereocenters. The van der Waals surface area contributed by atoms with Crippen LogP contribution in [0, 0.1) is 5.92 Å². The molecular weight excluding hydrogens is 707 g/mol. The molecule has 290 valence electrons. The molecule has 8 rings (SSSR count). The second-order valence-corrected chi connectivity index (χ2v) is 16.4. The summed E-state index contributed by atoms with van der Waals surface area (Å²) in [7, 11) is 1.30. The molecule has 56 heavy (non-hydrogen) atoms. The number of imidazole rings is 2. The van der Waals surface area contributed by atoms with E-state index < -0.39 is 17.7 Å². The van der Waals surface area contributed by atoms with Crippen molar-refractivity contribution < 1.29 is 23.9 Å². The Morgan fingerprint density at radius 1 is 0.732 bits per heavy atom. The first-order valence-corrected chi connectivity index (χ1v) is 19.5. The molecule has 0 spiro atoms. The third-order valence-electron chi connectivity index (χ3n) is 10.9. The Kier molecular flexibility index (Phi) is 9.68. The van der Waals surface area contributed by atoms with E-state index in [-0.39, 0.29) is 30.0 Å². The van der Waals surface area contributed by atoms with Crippen molar-refractivity contribution in [2.75, 3.05) is 20.2 Å². The minimum absolute atomic E-state index is 0.0995. The molecule has 12 nitrogen and oxygen atoms in total. The molecule has 4 aromatic carbocycles. The van der Waals surface area contributed by atoms with Gasteiger partial charge in [-0.1, -0.05) is 50.2 Å². The number of hydrogen-bond acceptors (Lipinski definition) is 7. The van der Waals surface area contributed by atoms with Gasteiger partial charge in [0.05, 0.1) is 41.3 Å². The second kappa shape index (κ2) is 14.6. The van der Waals surface area contributed by atoms with E-state index in [9.17, 15) is 14.4 Å². The van der Waals surface area contributed by atoms with Crippen molar-refractivity contribution in [3.05, 3.63) is 84.4 Å². The maximum Gasteiger partial charge on any atom is 0.410 e. The summed E-state index contributed by atoms with van der Waals surface area (Å²) in [5.41, 5.74) is 7.33. The van der Waals surface area contributed by atoms with Crippen LogP contribution in [0.25, 0.3) is 55.1 Å². The molecule has 0 aliphatic carbocycles. The van der Waals surface area contributed by atoms with Gasteiger partial charge in [0.15, 0.2) is 0 Å². The van der Waals surface area contributed by atoms with Crippen LogP contribution >= 0.6 is 0 Å². The molecule has 3 N–H and O–H groups in total. The number of fused-ring (bicyclic) bond motifs is 3. The zero-order chi connectivity index (χ0) is 39.3. The lowest BCUT2D eigenvalue weighted by Crippen LogP contribution is -2.51. The molecule has 2 fully saturated rings. The van der Waals surface area contributed by atoms with Crippen molar-refractivity contribution >= 4 is 50.9 Å². The molecule has 4 heterocycles. The van der Waals surface area contributed by atoms with Gasteiger partial charge < -0.3 is 29.7 Å². The zero-order valence-electron chi connectivity index (χ0n) is 32.8. The summed E-state index contributed by atoms with van der Waals surface area (Å²) in [5, 5.41) is 4.98. The molecule has 0 radical (unpaired) electrons. The predicted molar refractivity (Wildman–Crippen MR) is 217 cm³/mol. The van der Waals surface area contributed by atoms with E-state index >= 15 is 0 Å². The van der Waals surface area contributed by atoms with Crippen LogP contribution in [0.1, 0.15) is 84.0 Å². The maximum atomic E-state index is 13.6. The summed E-state index contributed by atoms with van der Waals surface area (Å²) in [6.07, 6.45) is 2.48. The Balaban J connectivity index is 1.00. The van der Waals surface area contributed by atoms with Gasteiger partial charge in [-0.2, -0.15) is 0 Å². The Morgan fingerprint density at radius 2 is 1.21 bits per heavy atom. The lowest BCUT2D eigenvalue weighted by molar-refractivity contribution is -0.135. The number of methoxy groups -OCH3 is 1. The van der Waals surface area contributed by atoms with E-state index in [4.69, 9.17) is 19.4 Å². The van der Waals surface area contributed by atoms with E-state index in [0.29, 0.717) is 13.1 Å². The van der Waals surface area contributed by atoms with Crippen LogP contribution in [0.3, 0.4) is 0 Å². The number of rotatable bonds is 7. The largest absolute Gasteiger partial charge is 0.453 e. The summed E-state index contributed by atoms with van der Waals surface area (Å²) in [6, 6.07) is 24.5. The van der Waals surface area contributed by atoms with Crippen LogP contribution < -0.4 is 5.32 Å². The van der Waals surface area contributed by atoms with Crippen molar-refractivity contribution in [2.24, 2.45) is 5.92 Å². The lowest BCUT2D eigenvalue weighted by Gasteiger charge is -2.29. The van der Waals surface area contributed by atoms with Gasteiger partial charge in [-0.15, -0.1) is 0 Å². The molecule has 2 aromatic heterocycles. The highest BCUT2D eigenvalue weighted by atomic mass is 16.6. The summed E-state index contributed by atoms with van der Waals surface area (Å²) in [4.78, 5) is 59.0. The highest BCUT2D eigenvalue weighted by Crippen LogP contribution is 2.36. The van der Waals surface area contributed by atoms with E-state index in [1.165, 1.54) is 7.11 Å². The van der Waals surface area contributed by atoms with Gasteiger partial charge in [0, 0.05) is 13.1 Å². The monoisotopic (exact) mass is 755 g/mol. The number of H-pyrrole nitrogens is 2. The molecule has 2 aliphatic heterocycles. The molecule has 3 atom stereocenters. The van der Waals surface area contributed by atoms with Gasteiger partial charge in [-0.05, 0) is 122 Å². The quantitative estimate of drug-likeness (QED) is 0.147. The van der Waals surface area contributed by atoms with Gasteiger partial charge in [0.1, 0.15) is 23.3 Å². The van der Waals surface area contributed by atoms with Crippen LogP contribution in [0.5, 0.6) is 0 Å². The number of benzene rings is 4. The van der Waals surface area contributed by atoms with Crippen molar-refractivity contribution in [2.45, 2.75) is 84.0 Å². The molecular formula is C44H49N7O5. The molecule has 6 aromatic rings. The second-order valence-electron chi connectivity index (χ2n) is 16.4. The van der Waals surface area contributed by atoms with Crippen LogP contribution in [0.15, 0.2) is 72.8 Å². The zero-order valence-corrected chi connectivity index (χ0v) is 32.8. The fourth-order valence-electron chi connectivity index (χ4n) is 8.12. The number of carbonyl (C=O) groups excluding carboxylic acids is 3. The Bertz CT molecular complexity index is 2460. The Morgan fingerprint density at radius 3 is 1.71 bits per heavy atom. The molecule has 0 bridgehead atoms. The van der Waals surface area contributed by atoms with E-state index in [1.54, 1.807) is 4.90 Å². The minimum Gasteiger partial charge on any atom is -0.453 e. The van der Waals surface area contributed by atoms with Crippen molar-refractivity contribution in [3.63, 3.8) is 0 Å². The SMILES string of the molecule is COC(=O)N[C@H](C(=O)N1CCCC1c1nc2ccc(-c3ccc4cc(-c5ccc6nc([C@@H]7CCCN7C(=O)OC(C)(C)C)[nH]c6c5)ccc4c3)cc2[nH]1)C(C)C. The fourth-order valence-corrected chi connectivity index (χ4v) is 8.12. The van der Waals surface area contributed by atoms with Crippen LogP contribution in [0.2, 0.25) is 0 Å². The topological polar surface area (TPSA) is 146 Å². The standard InChI is InChI=1S/C44H49N7O5/c1-25(2)38(49-42(53)55-6)41(52)50-19-7-9-36(50)39-45-32-17-15-30(23-34(32)47-39)28-13-11-27-22-29(14-12-26(27)21-28)31-16-18-33-35(24-31)48-40(46-33)37-10-8-20-51(37)43(54)56-44(3,4)5/h11-18,21-25,36-38H,7-10,19-20H2,1-6H3,(H,45,47)(H,46,48)(H,49,53)/t36?,37-,38-/m0/s1. The number of likely N-dealkylation sites (tertiary alicyclic amines) is 2. The van der Waals surface area contributed by atoms with Gasteiger partial charge in [-0.3, -0.25) is 9.69 Å². The minimum atomic E-state index is -0.682. The van der Waals surface area contributed by atoms with Crippen molar-refractivity contribution in [1.82, 2.24) is 35.1 Å². The molecule has 0 saturated carbocycles. The van der Waals surface area contributed by atoms with Gasteiger partial charge in [0.25, 0.3) is 0 Å². The number of aromatic amines is 2. The third-order valence-corrected chi connectivity index (χ3v) is 10.9. The number of nitrogens with one attached hydrogen (secondary N) is 3. The highest BCUT2D eigenvalue weighted by molar-refractivity contribution is 5.93. The number of ether oxygens (including phenoxy) is 2. The molecule has 2 aliphatic rings. The number of aromatic nitrogens is 4. The molecule has 2 saturated heterocycles. The van der Waals surface area contributed by atoms with E-state index in [0.717, 1.165) is 92.4 Å². The first-order chi connectivity index (χ1) is 26.8. The first kappa shape index (κ1) is 37.0. The average molecular weight is 756 g/mol. The summed E-state index contributed by atoms with van der Waals surface area (Å²) in [5.74, 6) is 1.31. The van der Waals surface area contributed by atoms with Gasteiger partial charge in [0.2, 0.25) is 5.91 Å². The highest BCUT2D eigenvalue weighted by Gasteiger charge is 2.38. The summed E-state index contributed by atoms with van der Waals surface area (Å²) in [6.45, 7) is 10.7. The number of carbonyl (C=O) groups is 3. The third kappa shape index (κ3) is 7.27. The fraction of sp³-hybridized carbons (Fsp3) is 0.386. The number of hydrogen-bond donors (Lipinski definition) is 3. The smallest absolute Gasteiger partial charge is 0.410 e. The first-order valence-electron chi connectivity index (χ1n) is 19.5. The number of nitrogens with zero attached hydrogens (tertiary/aromatic N) is 4. The van der Waals surface area contributed by atoms with Crippen LogP contribution in [-0.2, 0) is 14.3 Å². The Hall–Kier alpha value is -5.91. The van der Waals surface area contributed by atoms with Gasteiger partial charge >= 0.3 is 12.2 Å². The molecule has 3 amide bonds. The Labute approximate surface area is 326 Å². The normalized spacial score (nSPS) is 18.0. The van der Waals surface area contributed by atoms with Crippen LogP contribution in [0.4, 0.5) is 9.59 Å². The number of amides is 3. The van der Waals surface area contributed by atoms with Crippen LogP contribution in [-0.4, -0.2) is 79.7 Å². The summed E-state index contributed by atoms with van der Waals surface area (Å²) >= 11 is 0. The lowest BCUT2D eigenvalue weighted by atomic mass is 9.97. The van der Waals surface area contributed by atoms with Crippen molar-refractivity contribution in [1.29, 1.82) is 0 Å². The van der Waals surface area contributed by atoms with E-state index in [1.807, 2.05) is 51.7 Å². The average Bonchev–Trinajstić information content (AvgIpc) is 4.00. The van der Waals surface area contributed by atoms with E-state index in [2.05, 4.69) is 75.9 Å². The number of alkyl carbamates (subject to hydrolysis) is 1. The summed E-state index contributed by atoms with van der Waals surface area (Å²) < 4.78 is 10.5.